The average Bonchev–Trinajstić information content (AvgIpc) is 3.54. The van der Waals surface area contributed by atoms with Crippen molar-refractivity contribution >= 4 is 27.5 Å². The van der Waals surface area contributed by atoms with Crippen LogP contribution >= 0.6 is 11.6 Å². The Morgan fingerprint density at radius 2 is 1.78 bits per heavy atom. The van der Waals surface area contributed by atoms with Crippen LogP contribution in [0.2, 0.25) is 5.02 Å². The molecule has 0 radical (unpaired) electrons. The fourth-order valence-electron chi connectivity index (χ4n) is 4.47. The second-order valence-electron chi connectivity index (χ2n) is 10.3. The summed E-state index contributed by atoms with van der Waals surface area (Å²) in [5.74, 6) is 0.431. The summed E-state index contributed by atoms with van der Waals surface area (Å²) in [4.78, 5) is 15.3. The Morgan fingerprint density at radius 1 is 1.11 bits per heavy atom. The molecule has 0 spiro atoms. The molecule has 0 bridgehead atoms. The molecule has 198 valence electrons. The highest BCUT2D eigenvalue weighted by molar-refractivity contribution is 7.89. The predicted molar refractivity (Wildman–Crippen MR) is 143 cm³/mol. The van der Waals surface area contributed by atoms with Crippen LogP contribution in [0.3, 0.4) is 0 Å². The van der Waals surface area contributed by atoms with E-state index in [0.29, 0.717) is 42.6 Å². The minimum Gasteiger partial charge on any atom is -0.419 e. The Morgan fingerprint density at radius 3 is 2.41 bits per heavy atom. The third-order valence-electron chi connectivity index (χ3n) is 6.51. The highest BCUT2D eigenvalue weighted by atomic mass is 35.5. The van der Waals surface area contributed by atoms with Crippen molar-refractivity contribution in [1.29, 1.82) is 0 Å². The van der Waals surface area contributed by atoms with Crippen molar-refractivity contribution in [3.63, 3.8) is 0 Å². The van der Waals surface area contributed by atoms with Gasteiger partial charge in [0.05, 0.1) is 11.4 Å². The van der Waals surface area contributed by atoms with E-state index in [1.807, 2.05) is 31.2 Å². The lowest BCUT2D eigenvalue weighted by molar-refractivity contribution is -0.135. The maximum absolute atomic E-state index is 13.6. The molecule has 4 rings (SSSR count). The third-order valence-corrected chi connectivity index (χ3v) is 8.68. The Labute approximate surface area is 223 Å². The minimum atomic E-state index is -3.84. The summed E-state index contributed by atoms with van der Waals surface area (Å²) in [5.41, 5.74) is 2.04. The third kappa shape index (κ3) is 6.05. The zero-order chi connectivity index (χ0) is 26.8. The molecular weight excluding hydrogens is 512 g/mol. The Bertz CT molecular complexity index is 1330. The molecule has 0 N–H and O–H groups in total. The molecule has 1 aliphatic rings. The SMILES string of the molecule is CCCN(Cc1nnc(-c2ccc(C(C)(C)C)cc2)o1)C(=O)C1CCCN1S(=O)(=O)c1ccc(Cl)cc1. The van der Waals surface area contributed by atoms with E-state index in [9.17, 15) is 13.2 Å². The van der Waals surface area contributed by atoms with E-state index < -0.39 is 16.1 Å². The number of aromatic nitrogens is 2. The highest BCUT2D eigenvalue weighted by Gasteiger charge is 2.41. The maximum Gasteiger partial charge on any atom is 0.247 e. The first-order chi connectivity index (χ1) is 17.5. The number of amides is 1. The van der Waals surface area contributed by atoms with Crippen LogP contribution in [0.4, 0.5) is 0 Å². The van der Waals surface area contributed by atoms with Gasteiger partial charge in [-0.25, -0.2) is 8.42 Å². The van der Waals surface area contributed by atoms with E-state index in [2.05, 4.69) is 31.0 Å². The monoisotopic (exact) mass is 544 g/mol. The van der Waals surface area contributed by atoms with E-state index in [0.717, 1.165) is 5.56 Å². The topological polar surface area (TPSA) is 96.6 Å². The highest BCUT2D eigenvalue weighted by Crippen LogP contribution is 2.29. The molecule has 0 aliphatic carbocycles. The molecule has 1 aromatic heterocycles. The van der Waals surface area contributed by atoms with Crippen molar-refractivity contribution in [3.8, 4) is 11.5 Å². The first-order valence-electron chi connectivity index (χ1n) is 12.5. The number of halogens is 1. The lowest BCUT2D eigenvalue weighted by Crippen LogP contribution is -2.47. The second kappa shape index (κ2) is 10.9. The summed E-state index contributed by atoms with van der Waals surface area (Å²) in [6.45, 7) is 9.27. The van der Waals surface area contributed by atoms with Gasteiger partial charge in [0.2, 0.25) is 27.7 Å². The van der Waals surface area contributed by atoms with E-state index >= 15 is 0 Å². The molecular formula is C27H33ClN4O4S. The Kier molecular flexibility index (Phi) is 8.06. The van der Waals surface area contributed by atoms with Crippen LogP contribution in [0.1, 0.15) is 58.4 Å². The number of hydrogen-bond acceptors (Lipinski definition) is 6. The van der Waals surface area contributed by atoms with Gasteiger partial charge in [0.25, 0.3) is 0 Å². The summed E-state index contributed by atoms with van der Waals surface area (Å²) < 4.78 is 33.8. The van der Waals surface area contributed by atoms with Crippen LogP contribution in [0, 0.1) is 0 Å². The first kappa shape index (κ1) is 27.3. The van der Waals surface area contributed by atoms with Gasteiger partial charge >= 0.3 is 0 Å². The number of carbonyl (C=O) groups excluding carboxylic acids is 1. The summed E-state index contributed by atoms with van der Waals surface area (Å²) >= 11 is 5.93. The van der Waals surface area contributed by atoms with Gasteiger partial charge in [0.15, 0.2) is 0 Å². The molecule has 1 atom stereocenters. The molecule has 1 amide bonds. The van der Waals surface area contributed by atoms with Gasteiger partial charge in [-0.1, -0.05) is 51.4 Å². The molecule has 1 saturated heterocycles. The minimum absolute atomic E-state index is 0.0364. The molecule has 8 nitrogen and oxygen atoms in total. The summed E-state index contributed by atoms with van der Waals surface area (Å²) in [6, 6.07) is 13.2. The smallest absolute Gasteiger partial charge is 0.247 e. The summed E-state index contributed by atoms with van der Waals surface area (Å²) in [7, 11) is -3.84. The van der Waals surface area contributed by atoms with Crippen LogP contribution < -0.4 is 0 Å². The van der Waals surface area contributed by atoms with Crippen molar-refractivity contribution < 1.29 is 17.6 Å². The van der Waals surface area contributed by atoms with Crippen molar-refractivity contribution in [2.75, 3.05) is 13.1 Å². The number of hydrogen-bond donors (Lipinski definition) is 0. The Hall–Kier alpha value is -2.75. The number of carbonyl (C=O) groups is 1. The predicted octanol–water partition coefficient (Wildman–Crippen LogP) is 5.28. The molecule has 1 unspecified atom stereocenters. The molecule has 1 fully saturated rings. The number of nitrogens with zero attached hydrogens (tertiary/aromatic N) is 4. The summed E-state index contributed by atoms with van der Waals surface area (Å²) in [5, 5.41) is 8.79. The second-order valence-corrected chi connectivity index (χ2v) is 12.6. The normalized spacial score (nSPS) is 16.7. The average molecular weight is 545 g/mol. The first-order valence-corrected chi connectivity index (χ1v) is 14.3. The largest absolute Gasteiger partial charge is 0.419 e. The van der Waals surface area contributed by atoms with Crippen LogP contribution in [0.15, 0.2) is 57.8 Å². The van der Waals surface area contributed by atoms with E-state index in [1.54, 1.807) is 4.90 Å². The lowest BCUT2D eigenvalue weighted by atomic mass is 9.87. The van der Waals surface area contributed by atoms with Gasteiger partial charge in [-0.3, -0.25) is 4.79 Å². The quantitative estimate of drug-likeness (QED) is 0.383. The van der Waals surface area contributed by atoms with Crippen molar-refractivity contribution in [2.45, 2.75) is 69.9 Å². The van der Waals surface area contributed by atoms with Crippen molar-refractivity contribution in [2.24, 2.45) is 0 Å². The van der Waals surface area contributed by atoms with Gasteiger partial charge < -0.3 is 9.32 Å². The molecule has 3 aromatic rings. The number of rotatable bonds is 8. The van der Waals surface area contributed by atoms with E-state index in [-0.39, 0.29) is 29.3 Å². The molecule has 0 saturated carbocycles. The van der Waals surface area contributed by atoms with Gasteiger partial charge in [-0.2, -0.15) is 4.31 Å². The van der Waals surface area contributed by atoms with Crippen molar-refractivity contribution in [3.05, 3.63) is 65.0 Å². The lowest BCUT2D eigenvalue weighted by Gasteiger charge is -2.29. The van der Waals surface area contributed by atoms with Crippen LogP contribution in [-0.2, 0) is 26.8 Å². The van der Waals surface area contributed by atoms with Crippen LogP contribution in [0.5, 0.6) is 0 Å². The van der Waals surface area contributed by atoms with Gasteiger partial charge in [-0.15, -0.1) is 10.2 Å². The van der Waals surface area contributed by atoms with E-state index in [1.165, 1.54) is 34.1 Å². The zero-order valence-electron chi connectivity index (χ0n) is 21.6. The van der Waals surface area contributed by atoms with Crippen LogP contribution in [-0.4, -0.2) is 52.9 Å². The zero-order valence-corrected chi connectivity index (χ0v) is 23.2. The van der Waals surface area contributed by atoms with Gasteiger partial charge in [0, 0.05) is 23.7 Å². The molecule has 10 heteroatoms. The number of sulfonamides is 1. The van der Waals surface area contributed by atoms with Crippen molar-refractivity contribution in [1.82, 2.24) is 19.4 Å². The molecule has 1 aliphatic heterocycles. The Balaban J connectivity index is 1.51. The van der Waals surface area contributed by atoms with Gasteiger partial charge in [0.1, 0.15) is 6.04 Å². The molecule has 37 heavy (non-hydrogen) atoms. The van der Waals surface area contributed by atoms with Gasteiger partial charge in [-0.05, 0) is 66.6 Å². The fourth-order valence-corrected chi connectivity index (χ4v) is 6.25. The standard InChI is InChI=1S/C27H33ClN4O4S/c1-5-16-31(18-24-29-30-25(36-24)19-8-10-20(11-9-19)27(2,3)4)26(33)23-7-6-17-32(23)37(34,35)22-14-12-21(28)13-15-22/h8-15,23H,5-7,16-18H2,1-4H3. The van der Waals surface area contributed by atoms with E-state index in [4.69, 9.17) is 16.0 Å². The fraction of sp³-hybridized carbons (Fsp3) is 0.444. The number of benzene rings is 2. The molecule has 2 heterocycles. The summed E-state index contributed by atoms with van der Waals surface area (Å²) in [6.07, 6.45) is 1.77. The maximum atomic E-state index is 13.6. The van der Waals surface area contributed by atoms with Crippen LogP contribution in [0.25, 0.3) is 11.5 Å². The molecule has 2 aromatic carbocycles.